The Morgan fingerprint density at radius 3 is 2.33 bits per heavy atom. The molecule has 2 N–H and O–H groups in total. The Labute approximate surface area is 108 Å². The van der Waals surface area contributed by atoms with Crippen molar-refractivity contribution in [3.05, 3.63) is 29.8 Å². The fourth-order valence-electron chi connectivity index (χ4n) is 1.63. The first-order valence-electron chi connectivity index (χ1n) is 6.03. The molecule has 0 radical (unpaired) electrons. The molecule has 0 aliphatic rings. The molecule has 1 rings (SSSR count). The Balaban J connectivity index is 2.98. The number of hydrogen-bond donors (Lipinski definition) is 2. The lowest BCUT2D eigenvalue weighted by molar-refractivity contribution is -0.144. The summed E-state index contributed by atoms with van der Waals surface area (Å²) in [6.45, 7) is 6.42. The van der Waals surface area contributed by atoms with Gasteiger partial charge in [-0.25, -0.2) is 4.79 Å². The van der Waals surface area contributed by atoms with Gasteiger partial charge in [-0.15, -0.1) is 0 Å². The number of methoxy groups -OCH3 is 1. The van der Waals surface area contributed by atoms with E-state index in [1.807, 2.05) is 13.8 Å². The molecule has 0 saturated heterocycles. The van der Waals surface area contributed by atoms with Gasteiger partial charge in [-0.1, -0.05) is 26.0 Å². The van der Waals surface area contributed by atoms with Gasteiger partial charge in [0, 0.05) is 0 Å². The van der Waals surface area contributed by atoms with Crippen LogP contribution in [0, 0.1) is 5.92 Å². The lowest BCUT2D eigenvalue weighted by atomic mass is 9.91. The van der Waals surface area contributed by atoms with Crippen LogP contribution in [0.15, 0.2) is 24.3 Å². The molecule has 4 heteroatoms. The van der Waals surface area contributed by atoms with Crippen molar-refractivity contribution < 1.29 is 14.6 Å². The Morgan fingerprint density at radius 1 is 1.39 bits per heavy atom. The zero-order valence-electron chi connectivity index (χ0n) is 11.4. The minimum atomic E-state index is -1.07. The number of carbonyl (C=O) groups is 1. The third kappa shape index (κ3) is 3.23. The van der Waals surface area contributed by atoms with Crippen LogP contribution in [-0.4, -0.2) is 24.7 Å². The second-order valence-corrected chi connectivity index (χ2v) is 4.93. The number of aliphatic carboxylic acids is 1. The zero-order valence-corrected chi connectivity index (χ0v) is 11.4. The van der Waals surface area contributed by atoms with Crippen molar-refractivity contribution in [3.8, 4) is 5.75 Å². The molecule has 100 valence electrons. The van der Waals surface area contributed by atoms with Gasteiger partial charge in [-0.05, 0) is 37.1 Å². The average Bonchev–Trinajstić information content (AvgIpc) is 2.35. The Hall–Kier alpha value is -1.55. The Bertz CT molecular complexity index is 400. The van der Waals surface area contributed by atoms with Crippen LogP contribution < -0.4 is 10.1 Å². The number of ether oxygens (including phenoxy) is 1. The summed E-state index contributed by atoms with van der Waals surface area (Å²) >= 11 is 0. The maximum absolute atomic E-state index is 11.5. The van der Waals surface area contributed by atoms with Crippen LogP contribution in [-0.2, 0) is 10.3 Å². The van der Waals surface area contributed by atoms with Gasteiger partial charge in [-0.3, -0.25) is 5.32 Å². The van der Waals surface area contributed by atoms with E-state index in [0.717, 1.165) is 11.3 Å². The number of rotatable bonds is 6. The quantitative estimate of drug-likeness (QED) is 0.814. The summed E-state index contributed by atoms with van der Waals surface area (Å²) in [6, 6.07) is 7.10. The fraction of sp³-hybridized carbons (Fsp3) is 0.500. The first-order valence-corrected chi connectivity index (χ1v) is 6.03. The van der Waals surface area contributed by atoms with E-state index < -0.39 is 11.5 Å². The van der Waals surface area contributed by atoms with Crippen molar-refractivity contribution >= 4 is 5.97 Å². The van der Waals surface area contributed by atoms with Crippen molar-refractivity contribution in [3.63, 3.8) is 0 Å². The highest BCUT2D eigenvalue weighted by Gasteiger charge is 2.34. The largest absolute Gasteiger partial charge is 0.497 e. The highest BCUT2D eigenvalue weighted by Crippen LogP contribution is 2.24. The lowest BCUT2D eigenvalue weighted by Gasteiger charge is -2.28. The van der Waals surface area contributed by atoms with E-state index in [1.165, 1.54) is 0 Å². The molecule has 4 nitrogen and oxygen atoms in total. The summed E-state index contributed by atoms with van der Waals surface area (Å²) in [4.78, 5) is 11.5. The van der Waals surface area contributed by atoms with E-state index >= 15 is 0 Å². The molecular formula is C14H21NO3. The number of carboxylic acids is 1. The van der Waals surface area contributed by atoms with Gasteiger partial charge in [0.1, 0.15) is 11.3 Å². The minimum absolute atomic E-state index is 0.391. The van der Waals surface area contributed by atoms with Crippen LogP contribution in [0.1, 0.15) is 26.3 Å². The zero-order chi connectivity index (χ0) is 13.8. The van der Waals surface area contributed by atoms with Crippen molar-refractivity contribution in [1.82, 2.24) is 5.32 Å². The smallest absolute Gasteiger partial charge is 0.328 e. The van der Waals surface area contributed by atoms with Crippen LogP contribution in [0.3, 0.4) is 0 Å². The molecule has 0 fully saturated rings. The molecule has 0 amide bonds. The molecule has 0 spiro atoms. The van der Waals surface area contributed by atoms with E-state index in [1.54, 1.807) is 38.3 Å². The van der Waals surface area contributed by atoms with Gasteiger partial charge in [0.25, 0.3) is 0 Å². The third-order valence-corrected chi connectivity index (χ3v) is 2.96. The van der Waals surface area contributed by atoms with E-state index in [4.69, 9.17) is 4.74 Å². The maximum atomic E-state index is 11.5. The van der Waals surface area contributed by atoms with E-state index in [0.29, 0.717) is 12.5 Å². The summed E-state index contributed by atoms with van der Waals surface area (Å²) in [5.74, 6) is 0.227. The predicted octanol–water partition coefficient (Wildman–Crippen LogP) is 2.24. The molecule has 0 saturated carbocycles. The minimum Gasteiger partial charge on any atom is -0.497 e. The summed E-state index contributed by atoms with van der Waals surface area (Å²) in [5.41, 5.74) is -0.354. The van der Waals surface area contributed by atoms with Gasteiger partial charge >= 0.3 is 5.97 Å². The van der Waals surface area contributed by atoms with Crippen molar-refractivity contribution in [1.29, 1.82) is 0 Å². The molecule has 1 unspecified atom stereocenters. The van der Waals surface area contributed by atoms with Crippen molar-refractivity contribution in [2.45, 2.75) is 26.3 Å². The summed E-state index contributed by atoms with van der Waals surface area (Å²) in [5, 5.41) is 12.5. The van der Waals surface area contributed by atoms with Crippen LogP contribution in [0.25, 0.3) is 0 Å². The SMILES string of the molecule is COc1ccc(C(C)(NCC(C)C)C(=O)O)cc1. The highest BCUT2D eigenvalue weighted by atomic mass is 16.5. The highest BCUT2D eigenvalue weighted by molar-refractivity contribution is 5.80. The topological polar surface area (TPSA) is 58.6 Å². The Kier molecular flexibility index (Phi) is 4.73. The first kappa shape index (κ1) is 14.5. The molecule has 1 aromatic carbocycles. The molecular weight excluding hydrogens is 230 g/mol. The monoisotopic (exact) mass is 251 g/mol. The summed E-state index contributed by atoms with van der Waals surface area (Å²) in [6.07, 6.45) is 0. The number of carboxylic acid groups (broad SMARTS) is 1. The predicted molar refractivity (Wildman–Crippen MR) is 70.8 cm³/mol. The number of nitrogens with one attached hydrogen (secondary N) is 1. The normalized spacial score (nSPS) is 14.3. The lowest BCUT2D eigenvalue weighted by Crippen LogP contribution is -2.47. The molecule has 0 aliphatic carbocycles. The van der Waals surface area contributed by atoms with Crippen LogP contribution >= 0.6 is 0 Å². The van der Waals surface area contributed by atoms with Crippen LogP contribution in [0.5, 0.6) is 5.75 Å². The van der Waals surface area contributed by atoms with Gasteiger partial charge in [0.2, 0.25) is 0 Å². The molecule has 0 bridgehead atoms. The van der Waals surface area contributed by atoms with Crippen molar-refractivity contribution in [2.75, 3.05) is 13.7 Å². The van der Waals surface area contributed by atoms with E-state index in [9.17, 15) is 9.90 Å². The molecule has 1 aromatic rings. The van der Waals surface area contributed by atoms with E-state index in [-0.39, 0.29) is 0 Å². The molecule has 0 heterocycles. The van der Waals surface area contributed by atoms with Gasteiger partial charge in [0.15, 0.2) is 0 Å². The van der Waals surface area contributed by atoms with Crippen LogP contribution in [0.4, 0.5) is 0 Å². The van der Waals surface area contributed by atoms with E-state index in [2.05, 4.69) is 5.32 Å². The Morgan fingerprint density at radius 2 is 1.94 bits per heavy atom. The second-order valence-electron chi connectivity index (χ2n) is 4.93. The van der Waals surface area contributed by atoms with Gasteiger partial charge in [0.05, 0.1) is 7.11 Å². The number of hydrogen-bond acceptors (Lipinski definition) is 3. The van der Waals surface area contributed by atoms with Crippen molar-refractivity contribution in [2.24, 2.45) is 5.92 Å². The van der Waals surface area contributed by atoms with Gasteiger partial charge < -0.3 is 9.84 Å². The summed E-state index contributed by atoms with van der Waals surface area (Å²) < 4.78 is 5.07. The van der Waals surface area contributed by atoms with Crippen LogP contribution in [0.2, 0.25) is 0 Å². The third-order valence-electron chi connectivity index (χ3n) is 2.96. The average molecular weight is 251 g/mol. The molecule has 1 atom stereocenters. The fourth-order valence-corrected chi connectivity index (χ4v) is 1.63. The standard InChI is InChI=1S/C14H21NO3/c1-10(2)9-15-14(3,13(16)17)11-5-7-12(18-4)8-6-11/h5-8,10,15H,9H2,1-4H3,(H,16,17). The summed E-state index contributed by atoms with van der Waals surface area (Å²) in [7, 11) is 1.59. The molecule has 0 aliphatic heterocycles. The maximum Gasteiger partial charge on any atom is 0.328 e. The number of benzene rings is 1. The molecule has 0 aromatic heterocycles. The molecule has 18 heavy (non-hydrogen) atoms. The second kappa shape index (κ2) is 5.87. The first-order chi connectivity index (χ1) is 8.40. The van der Waals surface area contributed by atoms with Gasteiger partial charge in [-0.2, -0.15) is 0 Å².